The van der Waals surface area contributed by atoms with Crippen molar-refractivity contribution < 1.29 is 19.1 Å². The quantitative estimate of drug-likeness (QED) is 0.216. The van der Waals surface area contributed by atoms with Crippen LogP contribution in [0, 0.1) is 13.8 Å². The van der Waals surface area contributed by atoms with Crippen LogP contribution in [0.3, 0.4) is 0 Å². The number of unbranched alkanes of at least 4 members (excludes halogenated alkanes) is 2. The number of nitrogen functional groups attached to an aromatic ring is 1. The average Bonchev–Trinajstić information content (AvgIpc) is 2.91. The molecule has 4 N–H and O–H groups in total. The Morgan fingerprint density at radius 1 is 0.872 bits per heavy atom. The molecule has 0 unspecified atom stereocenters. The number of methoxy groups -OCH3 is 1. The SMILES string of the molecule is COc1ccc(CNC(=O)CN(CCCCCC(=O)Nc2ccccc2N)C(=O)c2cc(C)cc(C)c2)cc1. The van der Waals surface area contributed by atoms with E-state index in [-0.39, 0.29) is 24.3 Å². The van der Waals surface area contributed by atoms with Crippen molar-refractivity contribution >= 4 is 29.1 Å². The van der Waals surface area contributed by atoms with E-state index in [2.05, 4.69) is 10.6 Å². The van der Waals surface area contributed by atoms with Gasteiger partial charge in [0.25, 0.3) is 5.91 Å². The fourth-order valence-corrected chi connectivity index (χ4v) is 4.29. The minimum atomic E-state index is -0.233. The molecule has 0 aliphatic carbocycles. The highest BCUT2D eigenvalue weighted by Gasteiger charge is 2.19. The van der Waals surface area contributed by atoms with E-state index in [1.54, 1.807) is 24.1 Å². The van der Waals surface area contributed by atoms with E-state index in [0.29, 0.717) is 49.3 Å². The van der Waals surface area contributed by atoms with E-state index in [4.69, 9.17) is 10.5 Å². The predicted octanol–water partition coefficient (Wildman–Crippen LogP) is 4.85. The molecule has 3 rings (SSSR count). The van der Waals surface area contributed by atoms with Gasteiger partial charge in [0.2, 0.25) is 11.8 Å². The van der Waals surface area contributed by atoms with E-state index < -0.39 is 0 Å². The summed E-state index contributed by atoms with van der Waals surface area (Å²) in [5.41, 5.74) is 10.5. The number of ether oxygens (including phenoxy) is 1. The number of anilines is 2. The number of nitrogens with one attached hydrogen (secondary N) is 2. The van der Waals surface area contributed by atoms with Crippen LogP contribution in [0.5, 0.6) is 5.75 Å². The third-order valence-corrected chi connectivity index (χ3v) is 6.31. The maximum absolute atomic E-state index is 13.4. The second-order valence-corrected chi connectivity index (χ2v) is 9.67. The summed E-state index contributed by atoms with van der Waals surface area (Å²) in [6, 6.07) is 20.3. The third kappa shape index (κ3) is 9.48. The number of amides is 3. The average molecular weight is 531 g/mol. The van der Waals surface area contributed by atoms with Gasteiger partial charge in [-0.3, -0.25) is 14.4 Å². The predicted molar refractivity (Wildman–Crippen MR) is 155 cm³/mol. The number of carbonyl (C=O) groups is 3. The van der Waals surface area contributed by atoms with Crippen LogP contribution in [0.1, 0.15) is 52.7 Å². The number of nitrogens with zero attached hydrogens (tertiary/aromatic N) is 1. The van der Waals surface area contributed by atoms with Gasteiger partial charge in [-0.1, -0.05) is 47.9 Å². The molecule has 3 aromatic rings. The van der Waals surface area contributed by atoms with Gasteiger partial charge >= 0.3 is 0 Å². The van der Waals surface area contributed by atoms with Crippen LogP contribution in [-0.4, -0.2) is 42.8 Å². The molecule has 0 aliphatic rings. The van der Waals surface area contributed by atoms with Crippen LogP contribution in [-0.2, 0) is 16.1 Å². The van der Waals surface area contributed by atoms with E-state index in [1.807, 2.05) is 68.4 Å². The number of hydrogen-bond donors (Lipinski definition) is 3. The number of benzene rings is 3. The lowest BCUT2D eigenvalue weighted by Gasteiger charge is -2.23. The van der Waals surface area contributed by atoms with Gasteiger partial charge in [-0.25, -0.2) is 0 Å². The molecule has 0 heterocycles. The van der Waals surface area contributed by atoms with Crippen LogP contribution >= 0.6 is 0 Å². The molecule has 8 nitrogen and oxygen atoms in total. The van der Waals surface area contributed by atoms with Crippen molar-refractivity contribution in [3.05, 3.63) is 89.0 Å². The second-order valence-electron chi connectivity index (χ2n) is 9.67. The molecule has 0 bridgehead atoms. The summed E-state index contributed by atoms with van der Waals surface area (Å²) in [6.45, 7) is 4.62. The fraction of sp³-hybridized carbons (Fsp3) is 0.323. The van der Waals surface area contributed by atoms with Crippen molar-refractivity contribution in [3.63, 3.8) is 0 Å². The molecular weight excluding hydrogens is 492 g/mol. The molecule has 0 spiro atoms. The fourth-order valence-electron chi connectivity index (χ4n) is 4.29. The molecule has 3 amide bonds. The molecule has 0 fully saturated rings. The lowest BCUT2D eigenvalue weighted by molar-refractivity contribution is -0.122. The molecule has 0 radical (unpaired) electrons. The Labute approximate surface area is 230 Å². The zero-order chi connectivity index (χ0) is 28.2. The Balaban J connectivity index is 1.54. The van der Waals surface area contributed by atoms with Crippen molar-refractivity contribution in [2.75, 3.05) is 31.2 Å². The first-order valence-corrected chi connectivity index (χ1v) is 13.2. The number of para-hydroxylation sites is 2. The van der Waals surface area contributed by atoms with Crippen LogP contribution in [0.4, 0.5) is 11.4 Å². The molecule has 3 aromatic carbocycles. The van der Waals surface area contributed by atoms with E-state index >= 15 is 0 Å². The van der Waals surface area contributed by atoms with E-state index in [9.17, 15) is 14.4 Å². The number of hydrogen-bond acceptors (Lipinski definition) is 5. The van der Waals surface area contributed by atoms with E-state index in [1.165, 1.54) is 0 Å². The van der Waals surface area contributed by atoms with Gasteiger partial charge < -0.3 is 26.0 Å². The van der Waals surface area contributed by atoms with E-state index in [0.717, 1.165) is 28.9 Å². The van der Waals surface area contributed by atoms with Crippen molar-refractivity contribution in [3.8, 4) is 5.75 Å². The molecule has 39 heavy (non-hydrogen) atoms. The molecule has 0 aliphatic heterocycles. The largest absolute Gasteiger partial charge is 0.497 e. The Hall–Kier alpha value is -4.33. The number of carbonyl (C=O) groups excluding carboxylic acids is 3. The molecule has 0 saturated carbocycles. The van der Waals surface area contributed by atoms with Crippen molar-refractivity contribution in [1.82, 2.24) is 10.2 Å². The minimum absolute atomic E-state index is 0.0459. The molecular formula is C31H38N4O4. The summed E-state index contributed by atoms with van der Waals surface area (Å²) in [4.78, 5) is 40.1. The first kappa shape index (κ1) is 29.2. The van der Waals surface area contributed by atoms with Gasteiger partial charge in [0.05, 0.1) is 25.0 Å². The second kappa shape index (κ2) is 14.6. The van der Waals surface area contributed by atoms with Gasteiger partial charge in [-0.05, 0) is 68.7 Å². The summed E-state index contributed by atoms with van der Waals surface area (Å²) in [6.07, 6.45) is 2.42. The van der Waals surface area contributed by atoms with Crippen LogP contribution in [0.2, 0.25) is 0 Å². The van der Waals surface area contributed by atoms with Gasteiger partial charge in [-0.2, -0.15) is 0 Å². The summed E-state index contributed by atoms with van der Waals surface area (Å²) < 4.78 is 5.17. The highest BCUT2D eigenvalue weighted by atomic mass is 16.5. The zero-order valence-electron chi connectivity index (χ0n) is 23.0. The van der Waals surface area contributed by atoms with Gasteiger partial charge in [0, 0.05) is 25.1 Å². The number of rotatable bonds is 13. The van der Waals surface area contributed by atoms with Gasteiger partial charge in [0.15, 0.2) is 0 Å². The number of aryl methyl sites for hydroxylation is 2. The van der Waals surface area contributed by atoms with Crippen molar-refractivity contribution in [2.45, 2.75) is 46.1 Å². The Bertz CT molecular complexity index is 1250. The first-order chi connectivity index (χ1) is 18.7. The monoisotopic (exact) mass is 530 g/mol. The highest BCUT2D eigenvalue weighted by Crippen LogP contribution is 2.18. The zero-order valence-corrected chi connectivity index (χ0v) is 23.0. The Morgan fingerprint density at radius 3 is 2.23 bits per heavy atom. The van der Waals surface area contributed by atoms with Crippen LogP contribution in [0.25, 0.3) is 0 Å². The molecule has 206 valence electrons. The molecule has 8 heteroatoms. The summed E-state index contributed by atoms with van der Waals surface area (Å²) in [5.74, 6) is 0.230. The van der Waals surface area contributed by atoms with Gasteiger partial charge in [-0.15, -0.1) is 0 Å². The summed E-state index contributed by atoms with van der Waals surface area (Å²) in [5, 5.41) is 5.74. The normalized spacial score (nSPS) is 10.5. The minimum Gasteiger partial charge on any atom is -0.497 e. The maximum atomic E-state index is 13.4. The Morgan fingerprint density at radius 2 is 1.56 bits per heavy atom. The third-order valence-electron chi connectivity index (χ3n) is 6.31. The molecule has 0 atom stereocenters. The molecule has 0 aromatic heterocycles. The standard InChI is InChI=1S/C31H38N4O4/c1-22-17-23(2)19-25(18-22)31(38)35(21-30(37)33-20-24-12-14-26(39-3)15-13-24)16-8-4-5-11-29(36)34-28-10-7-6-9-27(28)32/h6-7,9-10,12-15,17-19H,4-5,8,11,16,20-21,32H2,1-3H3,(H,33,37)(H,34,36). The maximum Gasteiger partial charge on any atom is 0.254 e. The van der Waals surface area contributed by atoms with Gasteiger partial charge in [0.1, 0.15) is 5.75 Å². The topological polar surface area (TPSA) is 114 Å². The lowest BCUT2D eigenvalue weighted by Crippen LogP contribution is -2.41. The summed E-state index contributed by atoms with van der Waals surface area (Å²) >= 11 is 0. The van der Waals surface area contributed by atoms with Crippen LogP contribution in [0.15, 0.2) is 66.7 Å². The van der Waals surface area contributed by atoms with Crippen LogP contribution < -0.4 is 21.1 Å². The smallest absolute Gasteiger partial charge is 0.254 e. The highest BCUT2D eigenvalue weighted by molar-refractivity contribution is 5.97. The first-order valence-electron chi connectivity index (χ1n) is 13.2. The van der Waals surface area contributed by atoms with Crippen molar-refractivity contribution in [1.29, 1.82) is 0 Å². The molecule has 0 saturated heterocycles. The number of nitrogens with two attached hydrogens (primary N) is 1. The van der Waals surface area contributed by atoms with Crippen molar-refractivity contribution in [2.24, 2.45) is 0 Å². The summed E-state index contributed by atoms with van der Waals surface area (Å²) in [7, 11) is 1.61. The Kier molecular flexibility index (Phi) is 10.9. The lowest BCUT2D eigenvalue weighted by atomic mass is 10.1.